The fourth-order valence-electron chi connectivity index (χ4n) is 2.63. The highest BCUT2D eigenvalue weighted by Crippen LogP contribution is 2.35. The summed E-state index contributed by atoms with van der Waals surface area (Å²) in [5.74, 6) is -0.536. The van der Waals surface area contributed by atoms with Crippen LogP contribution in [0.25, 0.3) is 22.6 Å². The van der Waals surface area contributed by atoms with Crippen LogP contribution >= 0.6 is 23.2 Å². The predicted molar refractivity (Wildman–Crippen MR) is 102 cm³/mol. The van der Waals surface area contributed by atoms with Crippen LogP contribution in [-0.2, 0) is 4.74 Å². The summed E-state index contributed by atoms with van der Waals surface area (Å²) in [7, 11) is 0. The first-order valence-electron chi connectivity index (χ1n) is 7.75. The largest absolute Gasteiger partial charge is 0.461 e. The zero-order valence-electron chi connectivity index (χ0n) is 13.7. The molecule has 0 atom stereocenters. The Labute approximate surface area is 159 Å². The molecule has 0 amide bonds. The molecule has 0 bridgehead atoms. The summed E-state index contributed by atoms with van der Waals surface area (Å²) in [6, 6.07) is 8.88. The van der Waals surface area contributed by atoms with Gasteiger partial charge in [-0.15, -0.1) is 0 Å². The number of fused-ring (bicyclic) bond motifs is 1. The number of allylic oxidation sites excluding steroid dienone is 1. The first-order valence-corrected chi connectivity index (χ1v) is 8.50. The first kappa shape index (κ1) is 18.0. The molecule has 0 spiro atoms. The molecule has 7 heteroatoms. The summed E-state index contributed by atoms with van der Waals surface area (Å²) in [6.45, 7) is 1.94. The Hall–Kier alpha value is -2.81. The van der Waals surface area contributed by atoms with Crippen molar-refractivity contribution in [1.82, 2.24) is 9.97 Å². The maximum Gasteiger partial charge on any atom is 0.355 e. The van der Waals surface area contributed by atoms with E-state index in [-0.39, 0.29) is 12.3 Å². The summed E-state index contributed by atoms with van der Waals surface area (Å²) in [6.07, 6.45) is 4.79. The molecule has 0 unspecified atom stereocenters. The molecule has 2 aromatic heterocycles. The van der Waals surface area contributed by atoms with Gasteiger partial charge in [0.1, 0.15) is 5.69 Å². The molecule has 0 aliphatic heterocycles. The lowest BCUT2D eigenvalue weighted by molar-refractivity contribution is 0.0520. The molecular formula is C19H13Cl2N3O2. The monoisotopic (exact) mass is 385 g/mol. The second-order valence-corrected chi connectivity index (χ2v) is 6.20. The van der Waals surface area contributed by atoms with Crippen LogP contribution in [0.3, 0.4) is 0 Å². The standard InChI is InChI=1S/C19H13Cl2N3O2/c1-2-26-19(25)18-14(6-12(9-22)11-4-3-5-23-10-11)17-15(21)7-13(20)8-16(17)24-18/h3-8,10,24H,2H2,1H3/b12-6-. The number of rotatable bonds is 4. The van der Waals surface area contributed by atoms with Crippen LogP contribution in [0.1, 0.15) is 28.5 Å². The number of pyridine rings is 1. The van der Waals surface area contributed by atoms with Crippen molar-refractivity contribution in [1.29, 1.82) is 5.26 Å². The van der Waals surface area contributed by atoms with E-state index in [1.807, 2.05) is 0 Å². The number of nitriles is 1. The van der Waals surface area contributed by atoms with Crippen molar-refractivity contribution in [2.75, 3.05) is 6.61 Å². The Morgan fingerprint density at radius 3 is 2.88 bits per heavy atom. The lowest BCUT2D eigenvalue weighted by Crippen LogP contribution is -2.06. The number of aromatic amines is 1. The molecule has 1 aromatic carbocycles. The summed E-state index contributed by atoms with van der Waals surface area (Å²) in [5.41, 5.74) is 2.24. The highest BCUT2D eigenvalue weighted by atomic mass is 35.5. The third-order valence-electron chi connectivity index (χ3n) is 3.71. The second kappa shape index (κ2) is 7.61. The topological polar surface area (TPSA) is 78.8 Å². The number of benzene rings is 1. The van der Waals surface area contributed by atoms with Crippen molar-refractivity contribution in [3.05, 3.63) is 63.5 Å². The van der Waals surface area contributed by atoms with E-state index in [0.29, 0.717) is 37.6 Å². The van der Waals surface area contributed by atoms with Gasteiger partial charge in [0.15, 0.2) is 0 Å². The summed E-state index contributed by atoms with van der Waals surface area (Å²) < 4.78 is 5.12. The van der Waals surface area contributed by atoms with Crippen LogP contribution in [0.5, 0.6) is 0 Å². The van der Waals surface area contributed by atoms with Gasteiger partial charge in [-0.2, -0.15) is 5.26 Å². The number of aromatic nitrogens is 2. The van der Waals surface area contributed by atoms with Gasteiger partial charge in [-0.25, -0.2) is 4.79 Å². The zero-order valence-corrected chi connectivity index (χ0v) is 15.2. The normalized spacial score (nSPS) is 11.4. The first-order chi connectivity index (χ1) is 12.5. The highest BCUT2D eigenvalue weighted by Gasteiger charge is 2.20. The van der Waals surface area contributed by atoms with Gasteiger partial charge in [0.2, 0.25) is 0 Å². The minimum Gasteiger partial charge on any atom is -0.461 e. The molecule has 3 rings (SSSR count). The molecule has 0 saturated heterocycles. The second-order valence-electron chi connectivity index (χ2n) is 5.36. The quantitative estimate of drug-likeness (QED) is 0.499. The Morgan fingerprint density at radius 2 is 2.23 bits per heavy atom. The van der Waals surface area contributed by atoms with Crippen LogP contribution in [0.4, 0.5) is 0 Å². The van der Waals surface area contributed by atoms with E-state index in [9.17, 15) is 10.1 Å². The summed E-state index contributed by atoms with van der Waals surface area (Å²) in [4.78, 5) is 19.4. The SMILES string of the molecule is CCOC(=O)c1[nH]c2cc(Cl)cc(Cl)c2c1/C=C(/C#N)c1cccnc1. The Balaban J connectivity index is 2.29. The Kier molecular flexibility index (Phi) is 5.27. The molecule has 0 saturated carbocycles. The minimum atomic E-state index is -0.536. The van der Waals surface area contributed by atoms with Crippen molar-refractivity contribution in [2.24, 2.45) is 0 Å². The van der Waals surface area contributed by atoms with E-state index in [1.54, 1.807) is 49.7 Å². The van der Waals surface area contributed by atoms with Crippen molar-refractivity contribution < 1.29 is 9.53 Å². The zero-order chi connectivity index (χ0) is 18.7. The summed E-state index contributed by atoms with van der Waals surface area (Å²) in [5, 5.41) is 11.0. The number of carbonyl (C=O) groups is 1. The fraction of sp³-hybridized carbons (Fsp3) is 0.105. The van der Waals surface area contributed by atoms with E-state index in [4.69, 9.17) is 27.9 Å². The lowest BCUT2D eigenvalue weighted by Gasteiger charge is -2.03. The molecule has 5 nitrogen and oxygen atoms in total. The van der Waals surface area contributed by atoms with Gasteiger partial charge < -0.3 is 9.72 Å². The third kappa shape index (κ3) is 3.43. The molecule has 2 heterocycles. The number of nitrogens with one attached hydrogen (secondary N) is 1. The smallest absolute Gasteiger partial charge is 0.355 e. The number of halogens is 2. The number of esters is 1. The number of ether oxygens (including phenoxy) is 1. The van der Waals surface area contributed by atoms with E-state index < -0.39 is 5.97 Å². The minimum absolute atomic E-state index is 0.211. The average molecular weight is 386 g/mol. The van der Waals surface area contributed by atoms with Gasteiger partial charge in [0.05, 0.1) is 23.3 Å². The van der Waals surface area contributed by atoms with Gasteiger partial charge in [0.25, 0.3) is 0 Å². The molecule has 1 N–H and O–H groups in total. The molecular weight excluding hydrogens is 373 g/mol. The maximum absolute atomic E-state index is 12.4. The summed E-state index contributed by atoms with van der Waals surface area (Å²) >= 11 is 12.4. The van der Waals surface area contributed by atoms with E-state index in [0.717, 1.165) is 0 Å². The number of hydrogen-bond donors (Lipinski definition) is 1. The van der Waals surface area contributed by atoms with E-state index >= 15 is 0 Å². The van der Waals surface area contributed by atoms with E-state index in [1.165, 1.54) is 0 Å². The van der Waals surface area contributed by atoms with Gasteiger partial charge >= 0.3 is 5.97 Å². The molecule has 130 valence electrons. The maximum atomic E-state index is 12.4. The third-order valence-corrected chi connectivity index (χ3v) is 4.23. The molecule has 0 radical (unpaired) electrons. The van der Waals surface area contributed by atoms with Crippen LogP contribution in [0.2, 0.25) is 10.0 Å². The average Bonchev–Trinajstić information content (AvgIpc) is 2.99. The van der Waals surface area contributed by atoms with Crippen LogP contribution in [-0.4, -0.2) is 22.5 Å². The highest BCUT2D eigenvalue weighted by molar-refractivity contribution is 6.39. The van der Waals surface area contributed by atoms with Crippen molar-refractivity contribution >= 4 is 51.7 Å². The molecule has 0 aliphatic rings. The molecule has 26 heavy (non-hydrogen) atoms. The number of carbonyl (C=O) groups excluding carboxylic acids is 1. The van der Waals surface area contributed by atoms with Crippen molar-refractivity contribution in [3.63, 3.8) is 0 Å². The number of H-pyrrole nitrogens is 1. The molecule has 0 aliphatic carbocycles. The van der Waals surface area contributed by atoms with Crippen LogP contribution in [0.15, 0.2) is 36.7 Å². The number of nitrogens with zero attached hydrogens (tertiary/aromatic N) is 2. The Bertz CT molecular complexity index is 1050. The number of hydrogen-bond acceptors (Lipinski definition) is 4. The lowest BCUT2D eigenvalue weighted by atomic mass is 10.0. The Morgan fingerprint density at radius 1 is 1.42 bits per heavy atom. The van der Waals surface area contributed by atoms with Crippen molar-refractivity contribution in [2.45, 2.75) is 6.92 Å². The van der Waals surface area contributed by atoms with Gasteiger partial charge in [0, 0.05) is 39.4 Å². The van der Waals surface area contributed by atoms with E-state index in [2.05, 4.69) is 16.0 Å². The van der Waals surface area contributed by atoms with Crippen molar-refractivity contribution in [3.8, 4) is 6.07 Å². The fourth-order valence-corrected chi connectivity index (χ4v) is 3.22. The van der Waals surface area contributed by atoms with Crippen LogP contribution < -0.4 is 0 Å². The predicted octanol–water partition coefficient (Wildman–Crippen LogP) is 5.11. The molecule has 3 aromatic rings. The van der Waals surface area contributed by atoms with Gasteiger partial charge in [-0.1, -0.05) is 29.3 Å². The van der Waals surface area contributed by atoms with Crippen LogP contribution in [0, 0.1) is 11.3 Å². The van der Waals surface area contributed by atoms with Gasteiger partial charge in [-0.3, -0.25) is 4.98 Å². The molecule has 0 fully saturated rings. The van der Waals surface area contributed by atoms with Gasteiger partial charge in [-0.05, 0) is 31.2 Å².